The molecule has 0 spiro atoms. The molecular formula is C6H10N2S2. The van der Waals surface area contributed by atoms with Gasteiger partial charge in [0, 0.05) is 24.1 Å². The zero-order valence-electron chi connectivity index (χ0n) is 5.67. The van der Waals surface area contributed by atoms with Crippen LogP contribution in [0.25, 0.3) is 0 Å². The molecule has 56 valence electrons. The van der Waals surface area contributed by atoms with Crippen LogP contribution in [0, 0.1) is 0 Å². The van der Waals surface area contributed by atoms with E-state index in [-0.39, 0.29) is 0 Å². The number of rotatable bonds is 1. The Kier molecular flexibility index (Phi) is 2.21. The Balaban J connectivity index is 1.77. The van der Waals surface area contributed by atoms with Gasteiger partial charge in [-0.25, -0.2) is 0 Å². The lowest BCUT2D eigenvalue weighted by atomic mass is 10.3. The van der Waals surface area contributed by atoms with Gasteiger partial charge >= 0.3 is 0 Å². The molecule has 0 aromatic rings. The molecule has 1 fully saturated rings. The molecule has 2 aliphatic rings. The van der Waals surface area contributed by atoms with Crippen molar-refractivity contribution in [3.63, 3.8) is 0 Å². The van der Waals surface area contributed by atoms with Crippen molar-refractivity contribution < 1.29 is 0 Å². The highest BCUT2D eigenvalue weighted by atomic mass is 32.2. The molecule has 2 heterocycles. The molecular weight excluding hydrogens is 164 g/mol. The average Bonchev–Trinajstić information content (AvgIpc) is 2.29. The van der Waals surface area contributed by atoms with Gasteiger partial charge in [0.1, 0.15) is 4.38 Å². The molecule has 0 aromatic heterocycles. The highest BCUT2D eigenvalue weighted by Crippen LogP contribution is 2.27. The van der Waals surface area contributed by atoms with E-state index < -0.39 is 0 Å². The number of nitrogens with zero attached hydrogens (tertiary/aromatic N) is 1. The minimum atomic E-state index is 0.810. The van der Waals surface area contributed by atoms with E-state index in [0.29, 0.717) is 0 Å². The largest absolute Gasteiger partial charge is 0.314 e. The summed E-state index contributed by atoms with van der Waals surface area (Å²) in [5, 5.41) is 4.06. The fourth-order valence-corrected chi connectivity index (χ4v) is 3.20. The van der Waals surface area contributed by atoms with Gasteiger partial charge in [0.05, 0.1) is 6.54 Å². The zero-order valence-corrected chi connectivity index (χ0v) is 7.30. The van der Waals surface area contributed by atoms with Crippen molar-refractivity contribution in [2.45, 2.75) is 5.25 Å². The average molecular weight is 174 g/mol. The summed E-state index contributed by atoms with van der Waals surface area (Å²) in [6, 6.07) is 0. The van der Waals surface area contributed by atoms with E-state index in [4.69, 9.17) is 0 Å². The maximum atomic E-state index is 4.37. The molecule has 10 heavy (non-hydrogen) atoms. The quantitative estimate of drug-likeness (QED) is 0.636. The Morgan fingerprint density at radius 1 is 1.60 bits per heavy atom. The maximum absolute atomic E-state index is 4.37. The van der Waals surface area contributed by atoms with E-state index in [1.165, 1.54) is 23.2 Å². The van der Waals surface area contributed by atoms with Crippen LogP contribution in [0.4, 0.5) is 0 Å². The van der Waals surface area contributed by atoms with Crippen LogP contribution in [-0.2, 0) is 0 Å². The van der Waals surface area contributed by atoms with Crippen LogP contribution in [0.1, 0.15) is 0 Å². The van der Waals surface area contributed by atoms with Crippen molar-refractivity contribution >= 4 is 27.9 Å². The molecule has 2 rings (SSSR count). The summed E-state index contributed by atoms with van der Waals surface area (Å²) >= 11 is 3.85. The first kappa shape index (κ1) is 7.00. The molecule has 0 saturated carbocycles. The summed E-state index contributed by atoms with van der Waals surface area (Å²) in [4.78, 5) is 4.37. The standard InChI is InChI=1S/C6H10N2S2/c1-2-9-6(8-1)10-5-3-7-4-5/h5,7H,1-4H2. The summed E-state index contributed by atoms with van der Waals surface area (Å²) < 4.78 is 1.31. The van der Waals surface area contributed by atoms with E-state index in [2.05, 4.69) is 10.3 Å². The molecule has 0 unspecified atom stereocenters. The van der Waals surface area contributed by atoms with Crippen molar-refractivity contribution in [1.29, 1.82) is 0 Å². The molecule has 1 N–H and O–H groups in total. The third kappa shape index (κ3) is 1.49. The fraction of sp³-hybridized carbons (Fsp3) is 0.833. The Morgan fingerprint density at radius 2 is 2.50 bits per heavy atom. The second-order valence-electron chi connectivity index (χ2n) is 2.39. The molecule has 0 atom stereocenters. The lowest BCUT2D eigenvalue weighted by molar-refractivity contribution is 0.545. The Labute approximate surface area is 69.2 Å². The molecule has 2 nitrogen and oxygen atoms in total. The summed E-state index contributed by atoms with van der Waals surface area (Å²) in [6.07, 6.45) is 0. The molecule has 1 saturated heterocycles. The predicted molar refractivity (Wildman–Crippen MR) is 49.0 cm³/mol. The van der Waals surface area contributed by atoms with Crippen LogP contribution in [-0.4, -0.2) is 35.0 Å². The minimum absolute atomic E-state index is 0.810. The summed E-state index contributed by atoms with van der Waals surface area (Å²) in [5.74, 6) is 1.20. The molecule has 2 aliphatic heterocycles. The molecule has 0 aliphatic carbocycles. The van der Waals surface area contributed by atoms with Gasteiger partial charge in [-0.05, 0) is 0 Å². The van der Waals surface area contributed by atoms with Crippen LogP contribution >= 0.6 is 23.5 Å². The van der Waals surface area contributed by atoms with Gasteiger partial charge in [-0.2, -0.15) is 0 Å². The second-order valence-corrected chi connectivity index (χ2v) is 5.03. The van der Waals surface area contributed by atoms with E-state index in [9.17, 15) is 0 Å². The summed E-state index contributed by atoms with van der Waals surface area (Å²) in [7, 11) is 0. The van der Waals surface area contributed by atoms with Crippen molar-refractivity contribution in [2.75, 3.05) is 25.4 Å². The Morgan fingerprint density at radius 3 is 3.00 bits per heavy atom. The van der Waals surface area contributed by atoms with E-state index in [0.717, 1.165) is 11.8 Å². The van der Waals surface area contributed by atoms with Gasteiger partial charge in [0.15, 0.2) is 0 Å². The lowest BCUT2D eigenvalue weighted by Crippen LogP contribution is -2.44. The van der Waals surface area contributed by atoms with Gasteiger partial charge in [-0.1, -0.05) is 23.5 Å². The van der Waals surface area contributed by atoms with Gasteiger partial charge in [-0.15, -0.1) is 0 Å². The number of hydrogen-bond acceptors (Lipinski definition) is 4. The highest BCUT2D eigenvalue weighted by molar-refractivity contribution is 8.39. The van der Waals surface area contributed by atoms with Crippen molar-refractivity contribution in [3.05, 3.63) is 0 Å². The first-order valence-corrected chi connectivity index (χ1v) is 5.36. The third-order valence-electron chi connectivity index (χ3n) is 1.57. The van der Waals surface area contributed by atoms with Gasteiger partial charge < -0.3 is 5.32 Å². The van der Waals surface area contributed by atoms with Crippen LogP contribution in [0.5, 0.6) is 0 Å². The van der Waals surface area contributed by atoms with Crippen LogP contribution < -0.4 is 5.32 Å². The normalized spacial score (nSPS) is 26.2. The molecule has 0 bridgehead atoms. The zero-order chi connectivity index (χ0) is 6.81. The Bertz CT molecular complexity index is 154. The van der Waals surface area contributed by atoms with Gasteiger partial charge in [-0.3, -0.25) is 4.99 Å². The maximum Gasteiger partial charge on any atom is 0.125 e. The van der Waals surface area contributed by atoms with Crippen molar-refractivity contribution in [2.24, 2.45) is 4.99 Å². The highest BCUT2D eigenvalue weighted by Gasteiger charge is 2.21. The predicted octanol–water partition coefficient (Wildman–Crippen LogP) is 0.794. The van der Waals surface area contributed by atoms with E-state index in [1.54, 1.807) is 0 Å². The smallest absolute Gasteiger partial charge is 0.125 e. The van der Waals surface area contributed by atoms with Crippen LogP contribution in [0.15, 0.2) is 4.99 Å². The van der Waals surface area contributed by atoms with Gasteiger partial charge in [0.2, 0.25) is 0 Å². The SMILES string of the molecule is C1CSC(SC2CNC2)=N1. The topological polar surface area (TPSA) is 24.4 Å². The molecule has 4 heteroatoms. The number of nitrogens with one attached hydrogen (secondary N) is 1. The van der Waals surface area contributed by atoms with E-state index in [1.807, 2.05) is 23.5 Å². The van der Waals surface area contributed by atoms with Crippen molar-refractivity contribution in [3.8, 4) is 0 Å². The van der Waals surface area contributed by atoms with Crippen LogP contribution in [0.2, 0.25) is 0 Å². The fourth-order valence-electron chi connectivity index (χ4n) is 0.875. The molecule has 0 aromatic carbocycles. The first-order valence-electron chi connectivity index (χ1n) is 3.50. The van der Waals surface area contributed by atoms with Crippen molar-refractivity contribution in [1.82, 2.24) is 5.32 Å². The first-order chi connectivity index (χ1) is 4.95. The summed E-state index contributed by atoms with van der Waals surface area (Å²) in [6.45, 7) is 3.38. The van der Waals surface area contributed by atoms with Gasteiger partial charge in [0.25, 0.3) is 0 Å². The molecule has 0 radical (unpaired) electrons. The summed E-state index contributed by atoms with van der Waals surface area (Å²) in [5.41, 5.74) is 0. The van der Waals surface area contributed by atoms with E-state index >= 15 is 0 Å². The monoisotopic (exact) mass is 174 g/mol. The number of thioether (sulfide) groups is 2. The van der Waals surface area contributed by atoms with Crippen LogP contribution in [0.3, 0.4) is 0 Å². The lowest BCUT2D eigenvalue weighted by Gasteiger charge is -2.25. The third-order valence-corrected chi connectivity index (χ3v) is 3.97. The Hall–Kier alpha value is 0.330. The number of aliphatic imine (C=N–C) groups is 1. The number of hydrogen-bond donors (Lipinski definition) is 1. The minimum Gasteiger partial charge on any atom is -0.314 e. The molecule has 0 amide bonds. The second kappa shape index (κ2) is 3.15.